The topological polar surface area (TPSA) is 50.4 Å². The van der Waals surface area contributed by atoms with Gasteiger partial charge >= 0.3 is 0 Å². The van der Waals surface area contributed by atoms with Crippen LogP contribution in [0.4, 0.5) is 0 Å². The minimum Gasteiger partial charge on any atom is -0.454 e. The number of fused-ring (bicyclic) bond motifs is 4. The fourth-order valence-corrected chi connectivity index (χ4v) is 4.85. The van der Waals surface area contributed by atoms with Crippen molar-refractivity contribution >= 4 is 10.9 Å². The van der Waals surface area contributed by atoms with Crippen molar-refractivity contribution in [1.29, 1.82) is 0 Å². The molecule has 4 heterocycles. The smallest absolute Gasteiger partial charge is 0.231 e. The Balaban J connectivity index is 1.47. The molecule has 5 heteroatoms. The normalized spacial score (nSPS) is 18.0. The maximum absolute atomic E-state index is 5.78. The number of hydrogen-bond donors (Lipinski definition) is 1. The minimum absolute atomic E-state index is 0.0687. The van der Waals surface area contributed by atoms with E-state index in [1.54, 1.807) is 0 Å². The molecule has 2 aromatic heterocycles. The van der Waals surface area contributed by atoms with Crippen molar-refractivity contribution in [2.24, 2.45) is 0 Å². The number of nitrogens with zero attached hydrogens (tertiary/aromatic N) is 2. The van der Waals surface area contributed by atoms with Gasteiger partial charge in [0.25, 0.3) is 0 Å². The van der Waals surface area contributed by atoms with Gasteiger partial charge in [0.15, 0.2) is 11.5 Å². The summed E-state index contributed by atoms with van der Waals surface area (Å²) in [5.41, 5.74) is 7.13. The number of rotatable bonds is 3. The standard InChI is InChI=1S/C25H23N3O2/c1-16-6-4-10-21(26-16)24-23-19(18-8-2-3-9-20(18)27-23)12-13-28(24)14-17-7-5-11-22-25(17)30-15-29-22/h2-11,24,27H,12-15H2,1H3/t24-/m0/s1. The molecule has 1 N–H and O–H groups in total. The minimum atomic E-state index is 0.0687. The van der Waals surface area contributed by atoms with E-state index in [1.807, 2.05) is 12.1 Å². The van der Waals surface area contributed by atoms with Crippen molar-refractivity contribution in [3.05, 3.63) is 88.9 Å². The largest absolute Gasteiger partial charge is 0.454 e. The maximum Gasteiger partial charge on any atom is 0.231 e. The molecule has 0 aliphatic carbocycles. The van der Waals surface area contributed by atoms with Gasteiger partial charge in [0.2, 0.25) is 6.79 Å². The lowest BCUT2D eigenvalue weighted by atomic mass is 9.94. The van der Waals surface area contributed by atoms with Crippen molar-refractivity contribution in [1.82, 2.24) is 14.9 Å². The fraction of sp³-hybridized carbons (Fsp3) is 0.240. The molecule has 2 aromatic carbocycles. The number of para-hydroxylation sites is 2. The molecule has 6 rings (SSSR count). The number of ether oxygens (including phenoxy) is 2. The highest BCUT2D eigenvalue weighted by Crippen LogP contribution is 2.41. The molecule has 0 bridgehead atoms. The Labute approximate surface area is 175 Å². The molecule has 150 valence electrons. The van der Waals surface area contributed by atoms with Gasteiger partial charge in [-0.1, -0.05) is 36.4 Å². The van der Waals surface area contributed by atoms with Crippen LogP contribution >= 0.6 is 0 Å². The van der Waals surface area contributed by atoms with E-state index < -0.39 is 0 Å². The molecule has 0 saturated carbocycles. The van der Waals surface area contributed by atoms with Crippen LogP contribution in [0.15, 0.2) is 60.7 Å². The van der Waals surface area contributed by atoms with Gasteiger partial charge in [-0.15, -0.1) is 0 Å². The lowest BCUT2D eigenvalue weighted by Crippen LogP contribution is -2.36. The first-order valence-corrected chi connectivity index (χ1v) is 10.4. The summed E-state index contributed by atoms with van der Waals surface area (Å²) in [6.07, 6.45) is 1.01. The zero-order chi connectivity index (χ0) is 20.1. The third-order valence-electron chi connectivity index (χ3n) is 6.18. The SMILES string of the molecule is Cc1cccc([C@H]2c3[nH]c4ccccc4c3CCN2Cc2cccc3c2OCO3)n1. The zero-order valence-electron chi connectivity index (χ0n) is 16.9. The van der Waals surface area contributed by atoms with Gasteiger partial charge in [-0.3, -0.25) is 9.88 Å². The predicted molar refractivity (Wildman–Crippen MR) is 116 cm³/mol. The van der Waals surface area contributed by atoms with Crippen LogP contribution in [0, 0.1) is 6.92 Å². The van der Waals surface area contributed by atoms with E-state index in [2.05, 4.69) is 65.3 Å². The highest BCUT2D eigenvalue weighted by molar-refractivity contribution is 5.85. The highest BCUT2D eigenvalue weighted by atomic mass is 16.7. The van der Waals surface area contributed by atoms with Crippen LogP contribution < -0.4 is 9.47 Å². The Kier molecular flexibility index (Phi) is 4.03. The van der Waals surface area contributed by atoms with E-state index >= 15 is 0 Å². The third-order valence-corrected chi connectivity index (χ3v) is 6.18. The van der Waals surface area contributed by atoms with E-state index in [-0.39, 0.29) is 6.04 Å². The molecule has 4 aromatic rings. The zero-order valence-corrected chi connectivity index (χ0v) is 16.9. The second-order valence-electron chi connectivity index (χ2n) is 8.04. The summed E-state index contributed by atoms with van der Waals surface area (Å²) in [5, 5.41) is 1.32. The van der Waals surface area contributed by atoms with Crippen molar-refractivity contribution in [2.45, 2.75) is 25.9 Å². The van der Waals surface area contributed by atoms with Gasteiger partial charge in [-0.05, 0) is 43.2 Å². The van der Waals surface area contributed by atoms with Crippen molar-refractivity contribution in [3.63, 3.8) is 0 Å². The second-order valence-corrected chi connectivity index (χ2v) is 8.04. The Morgan fingerprint density at radius 2 is 1.93 bits per heavy atom. The summed E-state index contributed by atoms with van der Waals surface area (Å²) in [7, 11) is 0. The summed E-state index contributed by atoms with van der Waals surface area (Å²) in [5.74, 6) is 1.71. The van der Waals surface area contributed by atoms with Crippen LogP contribution in [-0.4, -0.2) is 28.2 Å². The monoisotopic (exact) mass is 397 g/mol. The average molecular weight is 397 g/mol. The first-order valence-electron chi connectivity index (χ1n) is 10.4. The second kappa shape index (κ2) is 6.89. The predicted octanol–water partition coefficient (Wildman–Crippen LogP) is 4.75. The van der Waals surface area contributed by atoms with Crippen LogP contribution in [0.25, 0.3) is 10.9 Å². The quantitative estimate of drug-likeness (QED) is 0.542. The number of pyridine rings is 1. The first kappa shape index (κ1) is 17.5. The van der Waals surface area contributed by atoms with Crippen LogP contribution in [0.1, 0.15) is 34.3 Å². The van der Waals surface area contributed by atoms with Crippen molar-refractivity contribution in [2.75, 3.05) is 13.3 Å². The number of benzene rings is 2. The molecule has 2 aliphatic heterocycles. The Morgan fingerprint density at radius 1 is 1.03 bits per heavy atom. The van der Waals surface area contributed by atoms with E-state index in [0.29, 0.717) is 6.79 Å². The van der Waals surface area contributed by atoms with Crippen LogP contribution in [0.5, 0.6) is 11.5 Å². The van der Waals surface area contributed by atoms with Crippen LogP contribution in [0.2, 0.25) is 0 Å². The Morgan fingerprint density at radius 3 is 2.87 bits per heavy atom. The number of aromatic amines is 1. The molecule has 0 fully saturated rings. The first-order chi connectivity index (χ1) is 14.8. The number of nitrogens with one attached hydrogen (secondary N) is 1. The molecule has 2 aliphatic rings. The van der Waals surface area contributed by atoms with Gasteiger partial charge in [0.05, 0.1) is 11.7 Å². The molecule has 0 amide bonds. The number of hydrogen-bond acceptors (Lipinski definition) is 4. The van der Waals surface area contributed by atoms with Gasteiger partial charge < -0.3 is 14.5 Å². The summed E-state index contributed by atoms with van der Waals surface area (Å²) >= 11 is 0. The molecule has 5 nitrogen and oxygen atoms in total. The summed E-state index contributed by atoms with van der Waals surface area (Å²) < 4.78 is 11.4. The molecular weight excluding hydrogens is 374 g/mol. The molecule has 0 unspecified atom stereocenters. The Bertz CT molecular complexity index is 1250. The lowest BCUT2D eigenvalue weighted by Gasteiger charge is -2.35. The average Bonchev–Trinajstić information content (AvgIpc) is 3.38. The maximum atomic E-state index is 5.78. The lowest BCUT2D eigenvalue weighted by molar-refractivity contribution is 0.168. The van der Waals surface area contributed by atoms with Crippen molar-refractivity contribution < 1.29 is 9.47 Å². The van der Waals surface area contributed by atoms with Crippen LogP contribution in [0.3, 0.4) is 0 Å². The molecular formula is C25H23N3O2. The van der Waals surface area contributed by atoms with Gasteiger partial charge in [0, 0.05) is 40.9 Å². The summed E-state index contributed by atoms with van der Waals surface area (Å²) in [4.78, 5) is 11.1. The molecule has 0 radical (unpaired) electrons. The van der Waals surface area contributed by atoms with Gasteiger partial charge in [-0.25, -0.2) is 0 Å². The highest BCUT2D eigenvalue weighted by Gasteiger charge is 2.33. The molecule has 0 saturated heterocycles. The van der Waals surface area contributed by atoms with E-state index in [4.69, 9.17) is 14.5 Å². The van der Waals surface area contributed by atoms with E-state index in [9.17, 15) is 0 Å². The molecule has 30 heavy (non-hydrogen) atoms. The Hall–Kier alpha value is -3.31. The third kappa shape index (κ3) is 2.77. The van der Waals surface area contributed by atoms with Gasteiger partial charge in [0.1, 0.15) is 0 Å². The summed E-state index contributed by atoms with van der Waals surface area (Å²) in [6, 6.07) is 21.1. The van der Waals surface area contributed by atoms with E-state index in [0.717, 1.165) is 48.0 Å². The fourth-order valence-electron chi connectivity index (χ4n) is 4.85. The van der Waals surface area contributed by atoms with E-state index in [1.165, 1.54) is 22.2 Å². The number of aryl methyl sites for hydroxylation is 1. The van der Waals surface area contributed by atoms with Crippen LogP contribution in [-0.2, 0) is 13.0 Å². The number of H-pyrrole nitrogens is 1. The van der Waals surface area contributed by atoms with Gasteiger partial charge in [-0.2, -0.15) is 0 Å². The summed E-state index contributed by atoms with van der Waals surface area (Å²) in [6.45, 7) is 4.08. The molecule has 1 atom stereocenters. The molecule has 0 spiro atoms. The number of aromatic nitrogens is 2. The van der Waals surface area contributed by atoms with Crippen molar-refractivity contribution in [3.8, 4) is 11.5 Å².